The van der Waals surface area contributed by atoms with Gasteiger partial charge in [-0.1, -0.05) is 5.16 Å². The summed E-state index contributed by atoms with van der Waals surface area (Å²) in [5, 5.41) is 4.89. The zero-order valence-corrected chi connectivity index (χ0v) is 19.4. The van der Waals surface area contributed by atoms with Gasteiger partial charge >= 0.3 is 0 Å². The lowest BCUT2D eigenvalue weighted by molar-refractivity contribution is -0.118. The second kappa shape index (κ2) is 8.55. The molecular weight excluding hydrogens is 457 g/mol. The second-order valence-corrected chi connectivity index (χ2v) is 9.72. The molecule has 0 bridgehead atoms. The number of nitrogens with zero attached hydrogens (tertiary/aromatic N) is 4. The van der Waals surface area contributed by atoms with Gasteiger partial charge in [0.2, 0.25) is 5.91 Å². The van der Waals surface area contributed by atoms with E-state index in [0.29, 0.717) is 63.3 Å². The quantitative estimate of drug-likeness (QED) is 0.516. The predicted octanol–water partition coefficient (Wildman–Crippen LogP) is 4.50. The van der Waals surface area contributed by atoms with Crippen LogP contribution in [0, 0.1) is 5.82 Å². The number of fused-ring (bicyclic) bond motifs is 1. The van der Waals surface area contributed by atoms with Gasteiger partial charge in [-0.3, -0.25) is 9.69 Å². The maximum Gasteiger partial charge on any atom is 0.273 e. The van der Waals surface area contributed by atoms with Crippen LogP contribution in [0.15, 0.2) is 34.9 Å². The fraction of sp³-hybridized carbons (Fsp3) is 0.462. The summed E-state index contributed by atoms with van der Waals surface area (Å²) in [6, 6.07) is 7.63. The zero-order chi connectivity index (χ0) is 24.2. The number of aryl methyl sites for hydroxylation is 1. The van der Waals surface area contributed by atoms with Crippen LogP contribution in [0.5, 0.6) is 0 Å². The average molecular weight is 485 g/mol. The molecule has 3 aromatic rings. The molecule has 1 fully saturated rings. The summed E-state index contributed by atoms with van der Waals surface area (Å²) < 4.78 is 49.0. The molecule has 0 saturated carbocycles. The second-order valence-electron chi connectivity index (χ2n) is 9.72. The van der Waals surface area contributed by atoms with Gasteiger partial charge in [-0.25, -0.2) is 13.2 Å². The lowest BCUT2D eigenvalue weighted by Crippen LogP contribution is -2.47. The summed E-state index contributed by atoms with van der Waals surface area (Å²) in [5.41, 5.74) is 3.15. The summed E-state index contributed by atoms with van der Waals surface area (Å²) in [6.07, 6.45) is 1.79. The van der Waals surface area contributed by atoms with Gasteiger partial charge in [-0.2, -0.15) is 0 Å². The van der Waals surface area contributed by atoms with Gasteiger partial charge in [0.1, 0.15) is 5.82 Å². The molecule has 0 N–H and O–H groups in total. The molecule has 3 aliphatic rings. The highest BCUT2D eigenvalue weighted by atomic mass is 19.3. The minimum atomic E-state index is -2.89. The van der Waals surface area contributed by atoms with Crippen molar-refractivity contribution in [1.29, 1.82) is 0 Å². The Bertz CT molecular complexity index is 1280. The number of alkyl halides is 2. The molecule has 0 aliphatic carbocycles. The maximum atomic E-state index is 15.2. The van der Waals surface area contributed by atoms with E-state index in [-0.39, 0.29) is 23.7 Å². The van der Waals surface area contributed by atoms with E-state index in [0.717, 1.165) is 35.3 Å². The van der Waals surface area contributed by atoms with Crippen molar-refractivity contribution in [2.45, 2.75) is 38.0 Å². The molecule has 1 aromatic heterocycles. The van der Waals surface area contributed by atoms with Crippen LogP contribution < -0.4 is 9.80 Å². The molecule has 0 unspecified atom stereocenters. The lowest BCUT2D eigenvalue weighted by atomic mass is 9.93. The van der Waals surface area contributed by atoms with E-state index < -0.39 is 5.92 Å². The number of carbonyl (C=O) groups excluding carboxylic acids is 1. The zero-order valence-electron chi connectivity index (χ0n) is 19.4. The first-order chi connectivity index (χ1) is 16.9. The number of carbonyl (C=O) groups is 1. The lowest BCUT2D eigenvalue weighted by Gasteiger charge is -2.35. The van der Waals surface area contributed by atoms with Crippen LogP contribution in [-0.4, -0.2) is 55.2 Å². The van der Waals surface area contributed by atoms with Crippen molar-refractivity contribution in [3.05, 3.63) is 52.8 Å². The number of halogens is 3. The van der Waals surface area contributed by atoms with Crippen LogP contribution in [0.2, 0.25) is 0 Å². The van der Waals surface area contributed by atoms with Crippen molar-refractivity contribution in [2.75, 3.05) is 49.1 Å². The Balaban J connectivity index is 1.05. The topological polar surface area (TPSA) is 52.8 Å². The Kier molecular flexibility index (Phi) is 5.47. The molecule has 0 spiro atoms. The number of rotatable bonds is 6. The largest absolute Gasteiger partial charge is 0.354 e. The third-order valence-electron chi connectivity index (χ3n) is 7.53. The molecule has 4 heterocycles. The number of benzene rings is 2. The number of anilines is 2. The van der Waals surface area contributed by atoms with Crippen molar-refractivity contribution in [2.24, 2.45) is 0 Å². The highest BCUT2D eigenvalue weighted by Gasteiger charge is 2.37. The van der Waals surface area contributed by atoms with Crippen LogP contribution in [0.25, 0.3) is 11.0 Å². The average Bonchev–Trinajstić information content (AvgIpc) is 3.47. The number of amides is 1. The highest BCUT2D eigenvalue weighted by molar-refractivity contribution is 5.98. The number of piperazine rings is 1. The van der Waals surface area contributed by atoms with Crippen molar-refractivity contribution in [3.8, 4) is 0 Å². The van der Waals surface area contributed by atoms with Gasteiger partial charge in [-0.05, 0) is 61.2 Å². The van der Waals surface area contributed by atoms with Crippen LogP contribution in [0.4, 0.5) is 24.7 Å². The minimum absolute atomic E-state index is 0.0848. The van der Waals surface area contributed by atoms with Crippen molar-refractivity contribution in [3.63, 3.8) is 0 Å². The molecule has 9 heteroatoms. The van der Waals surface area contributed by atoms with Crippen LogP contribution in [-0.2, 0) is 23.6 Å². The van der Waals surface area contributed by atoms with Crippen LogP contribution in [0.3, 0.4) is 0 Å². The standard InChI is InChI=1S/C26H27F3N4O2/c27-20-3-4-21-22(16-20)35-30-25(21)32-12-10-31(11-13-32)8-1-7-26(28,29)19-14-17-2-5-23(34)33-9-6-18(15-19)24(17)33/h3-4,14-16H,1-2,5-13H2. The van der Waals surface area contributed by atoms with Crippen molar-refractivity contribution < 1.29 is 22.5 Å². The Morgan fingerprint density at radius 1 is 0.971 bits per heavy atom. The SMILES string of the molecule is O=C1CCc2cc(C(F)(F)CCCN3CCN(c4noc5cc(F)ccc45)CC3)cc3c2N1CC3. The highest BCUT2D eigenvalue weighted by Crippen LogP contribution is 2.42. The first-order valence-corrected chi connectivity index (χ1v) is 12.3. The summed E-state index contributed by atoms with van der Waals surface area (Å²) >= 11 is 0. The predicted molar refractivity (Wildman–Crippen MR) is 127 cm³/mol. The third kappa shape index (κ3) is 4.05. The maximum absolute atomic E-state index is 15.2. The van der Waals surface area contributed by atoms with Crippen LogP contribution in [0.1, 0.15) is 36.0 Å². The van der Waals surface area contributed by atoms with E-state index in [4.69, 9.17) is 4.52 Å². The summed E-state index contributed by atoms with van der Waals surface area (Å²) in [5.74, 6) is -2.45. The molecule has 3 aliphatic heterocycles. The minimum Gasteiger partial charge on any atom is -0.354 e. The first-order valence-electron chi connectivity index (χ1n) is 12.3. The van der Waals surface area contributed by atoms with E-state index in [1.165, 1.54) is 12.1 Å². The molecule has 35 heavy (non-hydrogen) atoms. The van der Waals surface area contributed by atoms with E-state index >= 15 is 8.78 Å². The molecule has 1 amide bonds. The van der Waals surface area contributed by atoms with Gasteiger partial charge in [0.25, 0.3) is 5.92 Å². The third-order valence-corrected chi connectivity index (χ3v) is 7.53. The number of aromatic nitrogens is 1. The molecular formula is C26H27F3N4O2. The molecule has 0 radical (unpaired) electrons. The molecule has 6 nitrogen and oxygen atoms in total. The summed E-state index contributed by atoms with van der Waals surface area (Å²) in [4.78, 5) is 18.2. The van der Waals surface area contributed by atoms with E-state index in [9.17, 15) is 9.18 Å². The van der Waals surface area contributed by atoms with Gasteiger partial charge in [0.15, 0.2) is 11.4 Å². The Morgan fingerprint density at radius 3 is 2.54 bits per heavy atom. The fourth-order valence-corrected chi connectivity index (χ4v) is 5.65. The Labute approximate surface area is 201 Å². The van der Waals surface area contributed by atoms with Gasteiger partial charge in [0, 0.05) is 57.2 Å². The summed E-state index contributed by atoms with van der Waals surface area (Å²) in [7, 11) is 0. The molecule has 184 valence electrons. The molecule has 6 rings (SSSR count). The van der Waals surface area contributed by atoms with Gasteiger partial charge in [0.05, 0.1) is 11.1 Å². The Morgan fingerprint density at radius 2 is 1.74 bits per heavy atom. The van der Waals surface area contributed by atoms with Gasteiger partial charge in [-0.15, -0.1) is 0 Å². The van der Waals surface area contributed by atoms with E-state index in [2.05, 4.69) is 15.0 Å². The normalized spacial score (nSPS) is 18.5. The summed E-state index contributed by atoms with van der Waals surface area (Å²) in [6.45, 7) is 4.11. The molecule has 0 atom stereocenters. The fourth-order valence-electron chi connectivity index (χ4n) is 5.65. The van der Waals surface area contributed by atoms with Crippen molar-refractivity contribution >= 4 is 28.4 Å². The molecule has 1 saturated heterocycles. The monoisotopic (exact) mass is 484 g/mol. The Hall–Kier alpha value is -3.07. The molecule has 2 aromatic carbocycles. The number of hydrogen-bond acceptors (Lipinski definition) is 5. The van der Waals surface area contributed by atoms with Crippen LogP contribution >= 0.6 is 0 Å². The van der Waals surface area contributed by atoms with E-state index in [1.54, 1.807) is 23.1 Å². The van der Waals surface area contributed by atoms with Gasteiger partial charge < -0.3 is 14.3 Å². The first kappa shape index (κ1) is 22.4. The van der Waals surface area contributed by atoms with E-state index in [1.807, 2.05) is 0 Å². The smallest absolute Gasteiger partial charge is 0.273 e. The number of hydrogen-bond donors (Lipinski definition) is 0. The van der Waals surface area contributed by atoms with Crippen molar-refractivity contribution in [1.82, 2.24) is 10.1 Å².